The molecule has 0 bridgehead atoms. The van der Waals surface area contributed by atoms with Crippen LogP contribution in [0.2, 0.25) is 0 Å². The fourth-order valence-electron chi connectivity index (χ4n) is 2.77. The molecule has 1 aromatic heterocycles. The Morgan fingerprint density at radius 1 is 1.20 bits per heavy atom. The zero-order valence-corrected chi connectivity index (χ0v) is 14.9. The van der Waals surface area contributed by atoms with Crippen molar-refractivity contribution >= 4 is 12.4 Å². The number of aldehydes is 1. The molecule has 0 saturated heterocycles. The summed E-state index contributed by atoms with van der Waals surface area (Å²) in [6, 6.07) is 6.21. The van der Waals surface area contributed by atoms with Crippen LogP contribution in [0.15, 0.2) is 30.3 Å². The Labute approximate surface area is 147 Å². The zero-order valence-electron chi connectivity index (χ0n) is 14.9. The van der Waals surface area contributed by atoms with Crippen LogP contribution >= 0.6 is 0 Å². The molecule has 2 aromatic rings. The number of rotatable bonds is 7. The second-order valence-electron chi connectivity index (χ2n) is 5.86. The molecule has 0 spiro atoms. The van der Waals surface area contributed by atoms with E-state index in [4.69, 9.17) is 9.47 Å². The molecule has 1 heterocycles. The topological polar surface area (TPSA) is 48.4 Å². The Morgan fingerprint density at radius 3 is 2.40 bits per heavy atom. The molecule has 0 radical (unpaired) electrons. The van der Waals surface area contributed by atoms with Crippen molar-refractivity contribution in [1.29, 1.82) is 0 Å². The summed E-state index contributed by atoms with van der Waals surface area (Å²) in [6.45, 7) is 4.32. The molecule has 2 rings (SSSR count). The van der Waals surface area contributed by atoms with Crippen LogP contribution in [0.5, 0.6) is 5.88 Å². The highest BCUT2D eigenvalue weighted by Crippen LogP contribution is 2.38. The van der Waals surface area contributed by atoms with E-state index in [9.17, 15) is 9.18 Å². The van der Waals surface area contributed by atoms with Gasteiger partial charge in [0, 0.05) is 23.8 Å². The summed E-state index contributed by atoms with van der Waals surface area (Å²) in [4.78, 5) is 15.5. The summed E-state index contributed by atoms with van der Waals surface area (Å²) in [5.74, 6) is 0.260. The van der Waals surface area contributed by atoms with Gasteiger partial charge >= 0.3 is 0 Å². The van der Waals surface area contributed by atoms with Gasteiger partial charge in [-0.3, -0.25) is 4.79 Å². The molecule has 1 aromatic carbocycles. The minimum Gasteiger partial charge on any atom is -0.481 e. The van der Waals surface area contributed by atoms with E-state index >= 15 is 0 Å². The fourth-order valence-corrected chi connectivity index (χ4v) is 2.77. The number of carbonyl (C=O) groups is 1. The van der Waals surface area contributed by atoms with Gasteiger partial charge in [0.05, 0.1) is 19.4 Å². The lowest BCUT2D eigenvalue weighted by Gasteiger charge is -2.20. The average Bonchev–Trinajstić information content (AvgIpc) is 2.60. The van der Waals surface area contributed by atoms with Crippen molar-refractivity contribution < 1.29 is 18.7 Å². The minimum absolute atomic E-state index is 0.107. The lowest BCUT2D eigenvalue weighted by molar-refractivity contribution is -0.104. The highest BCUT2D eigenvalue weighted by molar-refractivity contribution is 5.84. The third-order valence-electron chi connectivity index (χ3n) is 3.83. The number of carbonyl (C=O) groups excluding carboxylic acids is 1. The van der Waals surface area contributed by atoms with Crippen LogP contribution in [0.1, 0.15) is 36.6 Å². The summed E-state index contributed by atoms with van der Waals surface area (Å²) < 4.78 is 24.2. The maximum atomic E-state index is 13.4. The molecule has 4 nitrogen and oxygen atoms in total. The Kier molecular flexibility index (Phi) is 6.42. The minimum atomic E-state index is -0.313. The molecule has 25 heavy (non-hydrogen) atoms. The van der Waals surface area contributed by atoms with E-state index in [2.05, 4.69) is 4.98 Å². The second-order valence-corrected chi connectivity index (χ2v) is 5.86. The van der Waals surface area contributed by atoms with Gasteiger partial charge in [0.1, 0.15) is 12.1 Å². The maximum Gasteiger partial charge on any atom is 0.219 e. The third-order valence-corrected chi connectivity index (χ3v) is 3.83. The van der Waals surface area contributed by atoms with Crippen molar-refractivity contribution in [1.82, 2.24) is 4.98 Å². The van der Waals surface area contributed by atoms with Gasteiger partial charge in [0.2, 0.25) is 5.88 Å². The van der Waals surface area contributed by atoms with E-state index in [-0.39, 0.29) is 18.3 Å². The fraction of sp³-hybridized carbons (Fsp3) is 0.300. The van der Waals surface area contributed by atoms with E-state index in [0.717, 1.165) is 34.2 Å². The van der Waals surface area contributed by atoms with Crippen LogP contribution in [0.25, 0.3) is 17.2 Å². The van der Waals surface area contributed by atoms with Gasteiger partial charge in [-0.1, -0.05) is 26.0 Å². The van der Waals surface area contributed by atoms with Crippen molar-refractivity contribution in [3.05, 3.63) is 53.0 Å². The smallest absolute Gasteiger partial charge is 0.219 e. The van der Waals surface area contributed by atoms with Crippen LogP contribution in [-0.4, -0.2) is 25.5 Å². The predicted molar refractivity (Wildman–Crippen MR) is 96.1 cm³/mol. The van der Waals surface area contributed by atoms with Crippen molar-refractivity contribution in [2.24, 2.45) is 0 Å². The van der Waals surface area contributed by atoms with Crippen LogP contribution in [-0.2, 0) is 16.1 Å². The molecule has 0 fully saturated rings. The number of pyridine rings is 1. The molecule has 0 aliphatic carbocycles. The van der Waals surface area contributed by atoms with E-state index < -0.39 is 0 Å². The standard InChI is InChI=1S/C20H22FNO3/c1-13(2)19-16(6-5-11-23)18(14-7-9-15(21)10-8-14)17(12-24-3)20(22-19)25-4/h5-11,13H,12H2,1-4H3/b6-5+. The number of halogens is 1. The average molecular weight is 343 g/mol. The summed E-state index contributed by atoms with van der Waals surface area (Å²) in [5, 5.41) is 0. The zero-order chi connectivity index (χ0) is 18.4. The molecular formula is C20H22FNO3. The van der Waals surface area contributed by atoms with Crippen molar-refractivity contribution in [2.45, 2.75) is 26.4 Å². The number of hydrogen-bond acceptors (Lipinski definition) is 4. The van der Waals surface area contributed by atoms with Gasteiger partial charge in [0.15, 0.2) is 0 Å². The third kappa shape index (κ3) is 4.12. The highest BCUT2D eigenvalue weighted by Gasteiger charge is 2.21. The van der Waals surface area contributed by atoms with Gasteiger partial charge < -0.3 is 9.47 Å². The molecular weight excluding hydrogens is 321 g/mol. The molecule has 0 unspecified atom stereocenters. The largest absolute Gasteiger partial charge is 0.481 e. The molecule has 0 N–H and O–H groups in total. The Balaban J connectivity index is 2.89. The number of methoxy groups -OCH3 is 2. The van der Waals surface area contributed by atoms with Crippen LogP contribution < -0.4 is 4.74 Å². The first kappa shape index (κ1) is 18.8. The second kappa shape index (κ2) is 8.53. The molecule has 0 amide bonds. The van der Waals surface area contributed by atoms with E-state index in [1.54, 1.807) is 32.4 Å². The Bertz CT molecular complexity index is 768. The lowest BCUT2D eigenvalue weighted by Crippen LogP contribution is -2.08. The van der Waals surface area contributed by atoms with Crippen molar-refractivity contribution in [2.75, 3.05) is 14.2 Å². The van der Waals surface area contributed by atoms with Crippen molar-refractivity contribution in [3.8, 4) is 17.0 Å². The monoisotopic (exact) mass is 343 g/mol. The van der Waals surface area contributed by atoms with Gasteiger partial charge in [0.25, 0.3) is 0 Å². The normalized spacial score (nSPS) is 11.3. The Morgan fingerprint density at radius 2 is 1.88 bits per heavy atom. The van der Waals surface area contributed by atoms with E-state index in [0.29, 0.717) is 5.88 Å². The lowest BCUT2D eigenvalue weighted by atomic mass is 9.90. The summed E-state index contributed by atoms with van der Waals surface area (Å²) >= 11 is 0. The maximum absolute atomic E-state index is 13.4. The molecule has 5 heteroatoms. The summed E-state index contributed by atoms with van der Waals surface area (Å²) in [5.41, 5.74) is 4.00. The van der Waals surface area contributed by atoms with Crippen molar-refractivity contribution in [3.63, 3.8) is 0 Å². The summed E-state index contributed by atoms with van der Waals surface area (Å²) in [6.07, 6.45) is 3.88. The van der Waals surface area contributed by atoms with Crippen LogP contribution in [0.4, 0.5) is 4.39 Å². The quantitative estimate of drug-likeness (QED) is 0.553. The molecule has 0 saturated carbocycles. The number of hydrogen-bond donors (Lipinski definition) is 0. The molecule has 0 atom stereocenters. The summed E-state index contributed by atoms with van der Waals surface area (Å²) in [7, 11) is 3.14. The van der Waals surface area contributed by atoms with Gasteiger partial charge in [-0.2, -0.15) is 0 Å². The van der Waals surface area contributed by atoms with E-state index in [1.807, 2.05) is 13.8 Å². The number of aromatic nitrogens is 1. The van der Waals surface area contributed by atoms with Crippen LogP contribution in [0, 0.1) is 5.82 Å². The molecule has 0 aliphatic rings. The molecule has 0 aliphatic heterocycles. The van der Waals surface area contributed by atoms with E-state index in [1.165, 1.54) is 18.2 Å². The highest BCUT2D eigenvalue weighted by atomic mass is 19.1. The van der Waals surface area contributed by atoms with Gasteiger partial charge in [-0.15, -0.1) is 0 Å². The van der Waals surface area contributed by atoms with Gasteiger partial charge in [-0.25, -0.2) is 9.37 Å². The van der Waals surface area contributed by atoms with Gasteiger partial charge in [-0.05, 0) is 35.8 Å². The number of nitrogens with zero attached hydrogens (tertiary/aromatic N) is 1. The first-order valence-corrected chi connectivity index (χ1v) is 8.00. The predicted octanol–water partition coefficient (Wildman–Crippen LogP) is 4.38. The van der Waals surface area contributed by atoms with Crippen LogP contribution in [0.3, 0.4) is 0 Å². The number of benzene rings is 1. The molecule has 132 valence electrons. The Hall–Kier alpha value is -2.53. The number of allylic oxidation sites excluding steroid dienone is 1. The first-order valence-electron chi connectivity index (χ1n) is 8.00. The first-order chi connectivity index (χ1) is 12.0. The SMILES string of the molecule is COCc1c(OC)nc(C(C)C)c(/C=C/C=O)c1-c1ccc(F)cc1. The number of ether oxygens (including phenoxy) is 2.